The molecular weight excluding hydrogens is 202 g/mol. The lowest BCUT2D eigenvalue weighted by atomic mass is 10.2. The number of likely N-dealkylation sites (N-methyl/N-ethyl adjacent to an activating group) is 1. The van der Waals surface area contributed by atoms with Gasteiger partial charge in [-0.3, -0.25) is 0 Å². The summed E-state index contributed by atoms with van der Waals surface area (Å²) in [6.45, 7) is 7.91. The van der Waals surface area contributed by atoms with Crippen LogP contribution in [0, 0.1) is 0 Å². The number of carbonyl (C=O) groups excluding carboxylic acids is 1. The van der Waals surface area contributed by atoms with E-state index in [2.05, 4.69) is 31.1 Å². The number of hydrogen-bond acceptors (Lipinski definition) is 2. The zero-order valence-corrected chi connectivity index (χ0v) is 10.8. The van der Waals surface area contributed by atoms with Crippen molar-refractivity contribution in [2.24, 2.45) is 0 Å². The maximum atomic E-state index is 11.7. The van der Waals surface area contributed by atoms with E-state index in [1.807, 2.05) is 4.90 Å². The molecule has 0 aromatic carbocycles. The average molecular weight is 227 g/mol. The highest BCUT2D eigenvalue weighted by atomic mass is 16.2. The van der Waals surface area contributed by atoms with Gasteiger partial charge in [-0.05, 0) is 33.2 Å². The van der Waals surface area contributed by atoms with E-state index in [-0.39, 0.29) is 6.03 Å². The van der Waals surface area contributed by atoms with Crippen LogP contribution < -0.4 is 5.32 Å². The second-order valence-corrected chi connectivity index (χ2v) is 4.66. The van der Waals surface area contributed by atoms with Crippen LogP contribution in [0.2, 0.25) is 0 Å². The molecule has 1 heterocycles. The zero-order valence-electron chi connectivity index (χ0n) is 10.8. The lowest BCUT2D eigenvalue weighted by Gasteiger charge is -2.24. The SMILES string of the molecule is CCC(C)N(C)CCNC(=O)N1CCCC1. The van der Waals surface area contributed by atoms with Crippen LogP contribution >= 0.6 is 0 Å². The maximum Gasteiger partial charge on any atom is 0.317 e. The topological polar surface area (TPSA) is 35.6 Å². The molecule has 1 aliphatic rings. The molecule has 4 nitrogen and oxygen atoms in total. The summed E-state index contributed by atoms with van der Waals surface area (Å²) in [7, 11) is 2.11. The fourth-order valence-corrected chi connectivity index (χ4v) is 1.90. The Hall–Kier alpha value is -0.770. The van der Waals surface area contributed by atoms with Gasteiger partial charge in [-0.25, -0.2) is 4.79 Å². The van der Waals surface area contributed by atoms with Crippen LogP contribution in [0.4, 0.5) is 4.79 Å². The number of amides is 2. The van der Waals surface area contributed by atoms with Crippen molar-refractivity contribution < 1.29 is 4.79 Å². The fourth-order valence-electron chi connectivity index (χ4n) is 1.90. The predicted molar refractivity (Wildman–Crippen MR) is 66.6 cm³/mol. The molecule has 16 heavy (non-hydrogen) atoms. The molecule has 0 bridgehead atoms. The molecule has 1 atom stereocenters. The van der Waals surface area contributed by atoms with Gasteiger partial charge in [0, 0.05) is 32.2 Å². The van der Waals surface area contributed by atoms with Gasteiger partial charge in [-0.15, -0.1) is 0 Å². The minimum Gasteiger partial charge on any atom is -0.337 e. The molecule has 0 saturated carbocycles. The summed E-state index contributed by atoms with van der Waals surface area (Å²) in [4.78, 5) is 15.9. The molecule has 0 aromatic heterocycles. The van der Waals surface area contributed by atoms with Gasteiger partial charge in [0.05, 0.1) is 0 Å². The molecule has 1 aliphatic heterocycles. The van der Waals surface area contributed by atoms with Crippen molar-refractivity contribution in [1.82, 2.24) is 15.1 Å². The van der Waals surface area contributed by atoms with E-state index in [9.17, 15) is 4.79 Å². The number of hydrogen-bond donors (Lipinski definition) is 1. The standard InChI is InChI=1S/C12H25N3O/c1-4-11(2)14(3)10-7-13-12(16)15-8-5-6-9-15/h11H,4-10H2,1-3H3,(H,13,16). The summed E-state index contributed by atoms with van der Waals surface area (Å²) in [6, 6.07) is 0.693. The van der Waals surface area contributed by atoms with Crippen LogP contribution in [0.15, 0.2) is 0 Å². The summed E-state index contributed by atoms with van der Waals surface area (Å²) < 4.78 is 0. The summed E-state index contributed by atoms with van der Waals surface area (Å²) in [5.74, 6) is 0. The van der Waals surface area contributed by atoms with Gasteiger partial charge >= 0.3 is 6.03 Å². The van der Waals surface area contributed by atoms with Crippen molar-refractivity contribution in [3.63, 3.8) is 0 Å². The highest BCUT2D eigenvalue weighted by molar-refractivity contribution is 5.74. The van der Waals surface area contributed by atoms with Crippen molar-refractivity contribution in [1.29, 1.82) is 0 Å². The van der Waals surface area contributed by atoms with Crippen LogP contribution in [-0.2, 0) is 0 Å². The second kappa shape index (κ2) is 6.74. The van der Waals surface area contributed by atoms with Gasteiger partial charge in [0.25, 0.3) is 0 Å². The highest BCUT2D eigenvalue weighted by Gasteiger charge is 2.17. The van der Waals surface area contributed by atoms with E-state index in [0.717, 1.165) is 45.4 Å². The molecule has 2 amide bonds. The second-order valence-electron chi connectivity index (χ2n) is 4.66. The van der Waals surface area contributed by atoms with E-state index in [0.29, 0.717) is 6.04 Å². The fraction of sp³-hybridized carbons (Fsp3) is 0.917. The Kier molecular flexibility index (Phi) is 5.60. The van der Waals surface area contributed by atoms with Crippen LogP contribution in [-0.4, -0.2) is 55.1 Å². The van der Waals surface area contributed by atoms with Crippen LogP contribution in [0.1, 0.15) is 33.1 Å². The van der Waals surface area contributed by atoms with Gasteiger partial charge in [-0.1, -0.05) is 6.92 Å². The normalized spacial score (nSPS) is 17.9. The molecular formula is C12H25N3O. The number of rotatable bonds is 5. The summed E-state index contributed by atoms with van der Waals surface area (Å²) in [6.07, 6.45) is 3.46. The lowest BCUT2D eigenvalue weighted by Crippen LogP contribution is -2.42. The quantitative estimate of drug-likeness (QED) is 0.773. The third-order valence-electron chi connectivity index (χ3n) is 3.48. The summed E-state index contributed by atoms with van der Waals surface area (Å²) in [5, 5.41) is 2.98. The van der Waals surface area contributed by atoms with Crippen molar-refractivity contribution in [2.45, 2.75) is 39.2 Å². The minimum atomic E-state index is 0.107. The first kappa shape index (κ1) is 13.3. The van der Waals surface area contributed by atoms with Gasteiger partial charge < -0.3 is 15.1 Å². The Balaban J connectivity index is 2.12. The van der Waals surface area contributed by atoms with Crippen molar-refractivity contribution in [3.05, 3.63) is 0 Å². The van der Waals surface area contributed by atoms with E-state index in [1.54, 1.807) is 0 Å². The van der Waals surface area contributed by atoms with Gasteiger partial charge in [0.1, 0.15) is 0 Å². The molecule has 0 spiro atoms. The smallest absolute Gasteiger partial charge is 0.317 e. The molecule has 1 unspecified atom stereocenters. The minimum absolute atomic E-state index is 0.107. The number of carbonyl (C=O) groups is 1. The van der Waals surface area contributed by atoms with Gasteiger partial charge in [0.2, 0.25) is 0 Å². The summed E-state index contributed by atoms with van der Waals surface area (Å²) >= 11 is 0. The van der Waals surface area contributed by atoms with E-state index in [4.69, 9.17) is 0 Å². The van der Waals surface area contributed by atoms with Crippen LogP contribution in [0.25, 0.3) is 0 Å². The van der Waals surface area contributed by atoms with E-state index >= 15 is 0 Å². The van der Waals surface area contributed by atoms with Crippen molar-refractivity contribution in [2.75, 3.05) is 33.2 Å². The zero-order chi connectivity index (χ0) is 12.0. The molecule has 1 fully saturated rings. The molecule has 1 N–H and O–H groups in total. The first-order valence-corrected chi connectivity index (χ1v) is 6.38. The van der Waals surface area contributed by atoms with Crippen molar-refractivity contribution >= 4 is 6.03 Å². The number of urea groups is 1. The molecule has 1 saturated heterocycles. The number of likely N-dealkylation sites (tertiary alicyclic amines) is 1. The average Bonchev–Trinajstić information content (AvgIpc) is 2.81. The molecule has 4 heteroatoms. The molecule has 0 aromatic rings. The largest absolute Gasteiger partial charge is 0.337 e. The molecule has 0 radical (unpaired) electrons. The molecule has 1 rings (SSSR count). The first-order chi connectivity index (χ1) is 7.65. The Morgan fingerprint density at radius 3 is 2.62 bits per heavy atom. The Morgan fingerprint density at radius 1 is 1.44 bits per heavy atom. The number of nitrogens with zero attached hydrogens (tertiary/aromatic N) is 2. The monoisotopic (exact) mass is 227 g/mol. The third-order valence-corrected chi connectivity index (χ3v) is 3.48. The molecule has 94 valence electrons. The van der Waals surface area contributed by atoms with E-state index < -0.39 is 0 Å². The Bertz CT molecular complexity index is 214. The van der Waals surface area contributed by atoms with Gasteiger partial charge in [-0.2, -0.15) is 0 Å². The third kappa shape index (κ3) is 4.00. The first-order valence-electron chi connectivity index (χ1n) is 6.38. The van der Waals surface area contributed by atoms with E-state index in [1.165, 1.54) is 0 Å². The van der Waals surface area contributed by atoms with Crippen molar-refractivity contribution in [3.8, 4) is 0 Å². The number of nitrogens with one attached hydrogen (secondary N) is 1. The maximum absolute atomic E-state index is 11.7. The predicted octanol–water partition coefficient (Wildman–Crippen LogP) is 1.52. The Labute approximate surface area is 99.0 Å². The highest BCUT2D eigenvalue weighted by Crippen LogP contribution is 2.06. The van der Waals surface area contributed by atoms with Crippen LogP contribution in [0.5, 0.6) is 0 Å². The van der Waals surface area contributed by atoms with Gasteiger partial charge in [0.15, 0.2) is 0 Å². The van der Waals surface area contributed by atoms with Crippen LogP contribution in [0.3, 0.4) is 0 Å². The molecule has 0 aliphatic carbocycles. The summed E-state index contributed by atoms with van der Waals surface area (Å²) in [5.41, 5.74) is 0. The lowest BCUT2D eigenvalue weighted by molar-refractivity contribution is 0.203. The Morgan fingerprint density at radius 2 is 2.06 bits per heavy atom.